The van der Waals surface area contributed by atoms with Gasteiger partial charge in [0.1, 0.15) is 5.60 Å². The molecule has 0 saturated heterocycles. The highest BCUT2D eigenvalue weighted by Crippen LogP contribution is 2.27. The van der Waals surface area contributed by atoms with Gasteiger partial charge in [0.05, 0.1) is 20.8 Å². The molecule has 1 atom stereocenters. The van der Waals surface area contributed by atoms with E-state index in [1.165, 1.54) is 5.56 Å². The third-order valence-corrected chi connectivity index (χ3v) is 4.67. The lowest BCUT2D eigenvalue weighted by Gasteiger charge is -2.22. The van der Waals surface area contributed by atoms with Crippen LogP contribution in [-0.2, 0) is 12.0 Å². The number of benzene rings is 2. The molecule has 2 rings (SSSR count). The molecular formula is C23H34IN3O3. The second-order valence-corrected chi connectivity index (χ2v) is 7.05. The van der Waals surface area contributed by atoms with Gasteiger partial charge in [-0.1, -0.05) is 36.4 Å². The topological polar surface area (TPSA) is 75.1 Å². The van der Waals surface area contributed by atoms with Crippen molar-refractivity contribution in [1.29, 1.82) is 0 Å². The molecule has 2 aromatic carbocycles. The molecule has 0 aliphatic carbocycles. The lowest BCUT2D eigenvalue weighted by Crippen LogP contribution is -2.39. The molecule has 0 aliphatic heterocycles. The number of nitrogens with one attached hydrogen (secondary N) is 2. The number of nitrogens with zero attached hydrogens (tertiary/aromatic N) is 1. The van der Waals surface area contributed by atoms with Crippen molar-refractivity contribution in [3.05, 3.63) is 59.7 Å². The zero-order chi connectivity index (χ0) is 21.1. The molecule has 0 heterocycles. The molecule has 3 N–H and O–H groups in total. The van der Waals surface area contributed by atoms with Gasteiger partial charge in [0.2, 0.25) is 0 Å². The lowest BCUT2D eigenvalue weighted by atomic mass is 9.96. The molecule has 0 aliphatic rings. The first-order valence-electron chi connectivity index (χ1n) is 10.0. The van der Waals surface area contributed by atoms with Gasteiger partial charge < -0.3 is 25.2 Å². The summed E-state index contributed by atoms with van der Waals surface area (Å²) in [6.45, 7) is 5.62. The molecule has 0 radical (unpaired) electrons. The van der Waals surface area contributed by atoms with E-state index in [9.17, 15) is 5.11 Å². The summed E-state index contributed by atoms with van der Waals surface area (Å²) in [5.41, 5.74) is 1.04. The summed E-state index contributed by atoms with van der Waals surface area (Å²) in [7, 11) is 3.28. The van der Waals surface area contributed by atoms with Crippen LogP contribution in [0.2, 0.25) is 0 Å². The van der Waals surface area contributed by atoms with E-state index in [4.69, 9.17) is 9.47 Å². The molecule has 30 heavy (non-hydrogen) atoms. The molecule has 0 amide bonds. The first-order valence-corrected chi connectivity index (χ1v) is 10.0. The number of ether oxygens (including phenoxy) is 2. The van der Waals surface area contributed by atoms with Crippen LogP contribution in [0.5, 0.6) is 11.5 Å². The molecular weight excluding hydrogens is 493 g/mol. The Morgan fingerprint density at radius 2 is 1.73 bits per heavy atom. The molecule has 1 unspecified atom stereocenters. The van der Waals surface area contributed by atoms with Crippen LogP contribution in [-0.4, -0.2) is 44.9 Å². The summed E-state index contributed by atoms with van der Waals surface area (Å²) < 4.78 is 10.6. The number of aryl methyl sites for hydroxylation is 1. The Hall–Kier alpha value is -2.00. The van der Waals surface area contributed by atoms with Crippen LogP contribution in [0.3, 0.4) is 0 Å². The van der Waals surface area contributed by atoms with E-state index in [0.29, 0.717) is 5.96 Å². The number of methoxy groups -OCH3 is 2. The minimum absolute atomic E-state index is 0. The van der Waals surface area contributed by atoms with Crippen molar-refractivity contribution in [3.8, 4) is 11.5 Å². The molecule has 166 valence electrons. The fourth-order valence-electron chi connectivity index (χ4n) is 3.00. The van der Waals surface area contributed by atoms with Crippen LogP contribution in [0.4, 0.5) is 0 Å². The quantitative estimate of drug-likeness (QED) is 0.190. The summed E-state index contributed by atoms with van der Waals surface area (Å²) in [5.74, 6) is 2.19. The van der Waals surface area contributed by atoms with Crippen LogP contribution in [0, 0.1) is 0 Å². The zero-order valence-corrected chi connectivity index (χ0v) is 20.6. The molecule has 0 spiro atoms. The monoisotopic (exact) mass is 527 g/mol. The van der Waals surface area contributed by atoms with Gasteiger partial charge in [-0.25, -0.2) is 4.99 Å². The van der Waals surface area contributed by atoms with Crippen LogP contribution < -0.4 is 20.1 Å². The van der Waals surface area contributed by atoms with E-state index >= 15 is 0 Å². The van der Waals surface area contributed by atoms with Crippen LogP contribution in [0.25, 0.3) is 0 Å². The summed E-state index contributed by atoms with van der Waals surface area (Å²) in [5, 5.41) is 17.3. The van der Waals surface area contributed by atoms with Crippen molar-refractivity contribution in [2.45, 2.75) is 32.3 Å². The maximum absolute atomic E-state index is 10.7. The van der Waals surface area contributed by atoms with Crippen LogP contribution in [0.1, 0.15) is 31.4 Å². The van der Waals surface area contributed by atoms with E-state index in [0.717, 1.165) is 43.0 Å². The van der Waals surface area contributed by atoms with Gasteiger partial charge in [0.15, 0.2) is 17.5 Å². The fourth-order valence-corrected chi connectivity index (χ4v) is 3.00. The van der Waals surface area contributed by atoms with Crippen molar-refractivity contribution in [3.63, 3.8) is 0 Å². The lowest BCUT2D eigenvalue weighted by molar-refractivity contribution is 0.0672. The number of halogens is 1. The number of hydrogen-bond donors (Lipinski definition) is 3. The van der Waals surface area contributed by atoms with Gasteiger partial charge >= 0.3 is 0 Å². The summed E-state index contributed by atoms with van der Waals surface area (Å²) in [6.07, 6.45) is 1.85. The standard InChI is InChI=1S/C23H33N3O3.HI/c1-5-24-22(26-17-23(2,27)19-11-7-6-8-12-19)25-15-9-10-18-13-14-20(28-3)21(16-18)29-4;/h6-8,11-14,16,27H,5,9-10,15,17H2,1-4H3,(H2,24,25,26);1H. The first kappa shape index (κ1) is 26.0. The van der Waals surface area contributed by atoms with Gasteiger partial charge in [-0.3, -0.25) is 0 Å². The van der Waals surface area contributed by atoms with E-state index in [-0.39, 0.29) is 30.5 Å². The van der Waals surface area contributed by atoms with Gasteiger partial charge in [-0.2, -0.15) is 0 Å². The molecule has 6 nitrogen and oxygen atoms in total. The van der Waals surface area contributed by atoms with Gasteiger partial charge in [-0.05, 0) is 49.9 Å². The third kappa shape index (κ3) is 8.02. The SMILES string of the molecule is CCNC(=NCC(C)(O)c1ccccc1)NCCCc1ccc(OC)c(OC)c1.I. The molecule has 0 aromatic heterocycles. The number of hydrogen-bond acceptors (Lipinski definition) is 4. The van der Waals surface area contributed by atoms with Gasteiger partial charge in [0, 0.05) is 13.1 Å². The number of aliphatic imine (C=N–C) groups is 1. The van der Waals surface area contributed by atoms with Gasteiger partial charge in [0.25, 0.3) is 0 Å². The Balaban J connectivity index is 0.00000450. The van der Waals surface area contributed by atoms with Crippen molar-refractivity contribution >= 4 is 29.9 Å². The Bertz CT molecular complexity index is 783. The predicted octanol–water partition coefficient (Wildman–Crippen LogP) is 3.72. The average Bonchev–Trinajstić information content (AvgIpc) is 2.75. The highest BCUT2D eigenvalue weighted by molar-refractivity contribution is 14.0. The second kappa shape index (κ2) is 13.3. The minimum atomic E-state index is -1.01. The molecule has 2 aromatic rings. The van der Waals surface area contributed by atoms with E-state index < -0.39 is 5.60 Å². The highest BCUT2D eigenvalue weighted by atomic mass is 127. The largest absolute Gasteiger partial charge is 0.493 e. The first-order chi connectivity index (χ1) is 14.0. The van der Waals surface area contributed by atoms with Crippen molar-refractivity contribution in [2.24, 2.45) is 4.99 Å². The van der Waals surface area contributed by atoms with E-state index in [1.54, 1.807) is 21.1 Å². The van der Waals surface area contributed by atoms with Crippen LogP contribution >= 0.6 is 24.0 Å². The molecule has 0 fully saturated rings. The summed E-state index contributed by atoms with van der Waals surface area (Å²) in [4.78, 5) is 4.56. The Kier molecular flexibility index (Phi) is 11.6. The Labute approximate surface area is 197 Å². The Morgan fingerprint density at radius 1 is 1.03 bits per heavy atom. The maximum atomic E-state index is 10.7. The fraction of sp³-hybridized carbons (Fsp3) is 0.435. The second-order valence-electron chi connectivity index (χ2n) is 7.05. The minimum Gasteiger partial charge on any atom is -0.493 e. The smallest absolute Gasteiger partial charge is 0.191 e. The average molecular weight is 527 g/mol. The summed E-state index contributed by atoms with van der Waals surface area (Å²) in [6, 6.07) is 15.6. The summed E-state index contributed by atoms with van der Waals surface area (Å²) >= 11 is 0. The molecule has 0 saturated carbocycles. The van der Waals surface area contributed by atoms with Crippen LogP contribution in [0.15, 0.2) is 53.5 Å². The van der Waals surface area contributed by atoms with E-state index in [1.807, 2.05) is 49.4 Å². The van der Waals surface area contributed by atoms with Crippen molar-refractivity contribution in [1.82, 2.24) is 10.6 Å². The normalized spacial score (nSPS) is 13.0. The van der Waals surface area contributed by atoms with Crippen molar-refractivity contribution in [2.75, 3.05) is 33.9 Å². The van der Waals surface area contributed by atoms with Crippen molar-refractivity contribution < 1.29 is 14.6 Å². The highest BCUT2D eigenvalue weighted by Gasteiger charge is 2.22. The van der Waals surface area contributed by atoms with Gasteiger partial charge in [-0.15, -0.1) is 24.0 Å². The zero-order valence-electron chi connectivity index (χ0n) is 18.3. The molecule has 7 heteroatoms. The third-order valence-electron chi connectivity index (χ3n) is 4.67. The molecule has 0 bridgehead atoms. The number of aliphatic hydroxyl groups is 1. The number of rotatable bonds is 10. The predicted molar refractivity (Wildman–Crippen MR) is 133 cm³/mol. The van der Waals surface area contributed by atoms with E-state index in [2.05, 4.69) is 21.7 Å². The number of guanidine groups is 1. The Morgan fingerprint density at radius 3 is 2.37 bits per heavy atom. The maximum Gasteiger partial charge on any atom is 0.191 e.